The van der Waals surface area contributed by atoms with E-state index in [1.54, 1.807) is 7.11 Å². The summed E-state index contributed by atoms with van der Waals surface area (Å²) in [5.41, 5.74) is 7.00. The highest BCUT2D eigenvalue weighted by Crippen LogP contribution is 2.40. The first-order valence-electron chi connectivity index (χ1n) is 4.48. The van der Waals surface area contributed by atoms with Gasteiger partial charge in [0.1, 0.15) is 0 Å². The maximum atomic E-state index is 5.98. The molecular weight excluding hydrogens is 246 g/mol. The highest BCUT2D eigenvalue weighted by Gasteiger charge is 2.22. The summed E-state index contributed by atoms with van der Waals surface area (Å²) in [5, 5.41) is 0. The molecule has 0 saturated carbocycles. The summed E-state index contributed by atoms with van der Waals surface area (Å²) in [4.78, 5) is 0. The Morgan fingerprint density at radius 1 is 1.57 bits per heavy atom. The van der Waals surface area contributed by atoms with Gasteiger partial charge < -0.3 is 15.2 Å². The summed E-state index contributed by atoms with van der Waals surface area (Å²) < 4.78 is 11.7. The van der Waals surface area contributed by atoms with Crippen LogP contribution >= 0.6 is 15.9 Å². The Labute approximate surface area is 91.3 Å². The molecule has 14 heavy (non-hydrogen) atoms. The molecule has 1 aliphatic rings. The van der Waals surface area contributed by atoms with E-state index in [4.69, 9.17) is 15.2 Å². The number of ether oxygens (including phenoxy) is 2. The number of rotatable bonds is 1. The Bertz CT molecular complexity index is 354. The number of benzene rings is 1. The number of methoxy groups -OCH3 is 1. The van der Waals surface area contributed by atoms with Crippen molar-refractivity contribution >= 4 is 15.9 Å². The van der Waals surface area contributed by atoms with Crippen LogP contribution in [-0.2, 0) is 0 Å². The van der Waals surface area contributed by atoms with E-state index in [2.05, 4.69) is 15.9 Å². The summed E-state index contributed by atoms with van der Waals surface area (Å²) >= 11 is 3.42. The molecule has 76 valence electrons. The molecule has 0 unspecified atom stereocenters. The smallest absolute Gasteiger partial charge is 0.165 e. The zero-order valence-corrected chi connectivity index (χ0v) is 9.50. The van der Waals surface area contributed by atoms with Crippen LogP contribution in [0.4, 0.5) is 0 Å². The van der Waals surface area contributed by atoms with Crippen LogP contribution in [0.3, 0.4) is 0 Å². The second-order valence-corrected chi connectivity index (χ2v) is 4.19. The van der Waals surface area contributed by atoms with Gasteiger partial charge in [-0.05, 0) is 12.1 Å². The van der Waals surface area contributed by atoms with Gasteiger partial charge >= 0.3 is 0 Å². The van der Waals surface area contributed by atoms with Crippen LogP contribution in [0.15, 0.2) is 16.6 Å². The second-order valence-electron chi connectivity index (χ2n) is 3.27. The average Bonchev–Trinajstić information content (AvgIpc) is 2.18. The van der Waals surface area contributed by atoms with E-state index < -0.39 is 0 Å². The Balaban J connectivity index is 2.54. The van der Waals surface area contributed by atoms with Crippen LogP contribution < -0.4 is 15.2 Å². The molecule has 0 fully saturated rings. The van der Waals surface area contributed by atoms with Gasteiger partial charge in [0.25, 0.3) is 0 Å². The molecule has 0 saturated heterocycles. The van der Waals surface area contributed by atoms with Gasteiger partial charge in [-0.3, -0.25) is 0 Å². The van der Waals surface area contributed by atoms with E-state index in [9.17, 15) is 0 Å². The lowest BCUT2D eigenvalue weighted by Gasteiger charge is -2.24. The molecule has 2 N–H and O–H groups in total. The Kier molecular flexibility index (Phi) is 2.65. The van der Waals surface area contributed by atoms with Crippen molar-refractivity contribution in [3.05, 3.63) is 22.2 Å². The lowest BCUT2D eigenvalue weighted by molar-refractivity contribution is 0.252. The van der Waals surface area contributed by atoms with E-state index >= 15 is 0 Å². The first-order chi connectivity index (χ1) is 6.72. The molecule has 0 aromatic heterocycles. The summed E-state index contributed by atoms with van der Waals surface area (Å²) in [5.74, 6) is 1.53. The van der Waals surface area contributed by atoms with Gasteiger partial charge in [0.15, 0.2) is 11.5 Å². The van der Waals surface area contributed by atoms with Gasteiger partial charge in [-0.1, -0.05) is 15.9 Å². The van der Waals surface area contributed by atoms with Gasteiger partial charge in [-0.2, -0.15) is 0 Å². The number of nitrogens with two attached hydrogens (primary N) is 1. The van der Waals surface area contributed by atoms with E-state index in [0.717, 1.165) is 28.0 Å². The largest absolute Gasteiger partial charge is 0.493 e. The van der Waals surface area contributed by atoms with Crippen molar-refractivity contribution in [1.29, 1.82) is 0 Å². The summed E-state index contributed by atoms with van der Waals surface area (Å²) in [6.45, 7) is 0.659. The third-order valence-electron chi connectivity index (χ3n) is 2.34. The minimum atomic E-state index is 0.0464. The van der Waals surface area contributed by atoms with E-state index in [1.807, 2.05) is 12.1 Å². The SMILES string of the molecule is COc1cc(Br)cc2c1OCC[C@@H]2N. The van der Waals surface area contributed by atoms with E-state index in [-0.39, 0.29) is 6.04 Å². The van der Waals surface area contributed by atoms with Crippen molar-refractivity contribution < 1.29 is 9.47 Å². The predicted molar refractivity (Wildman–Crippen MR) is 57.7 cm³/mol. The zero-order valence-electron chi connectivity index (χ0n) is 7.92. The Morgan fingerprint density at radius 2 is 2.36 bits per heavy atom. The first-order valence-corrected chi connectivity index (χ1v) is 5.27. The zero-order chi connectivity index (χ0) is 10.1. The van der Waals surface area contributed by atoms with Crippen molar-refractivity contribution in [3.63, 3.8) is 0 Å². The third-order valence-corrected chi connectivity index (χ3v) is 2.80. The van der Waals surface area contributed by atoms with Crippen LogP contribution in [0.2, 0.25) is 0 Å². The van der Waals surface area contributed by atoms with E-state index in [0.29, 0.717) is 6.61 Å². The van der Waals surface area contributed by atoms with E-state index in [1.165, 1.54) is 0 Å². The van der Waals surface area contributed by atoms with Crippen molar-refractivity contribution in [2.45, 2.75) is 12.5 Å². The van der Waals surface area contributed by atoms with Crippen molar-refractivity contribution in [1.82, 2.24) is 0 Å². The molecule has 2 rings (SSSR count). The molecule has 1 heterocycles. The monoisotopic (exact) mass is 257 g/mol. The fraction of sp³-hybridized carbons (Fsp3) is 0.400. The number of hydrogen-bond acceptors (Lipinski definition) is 3. The van der Waals surface area contributed by atoms with Gasteiger partial charge in [0, 0.05) is 22.5 Å². The summed E-state index contributed by atoms with van der Waals surface area (Å²) in [6.07, 6.45) is 0.854. The molecular formula is C10H12BrNO2. The lowest BCUT2D eigenvalue weighted by atomic mass is 10.0. The van der Waals surface area contributed by atoms with Crippen molar-refractivity contribution in [3.8, 4) is 11.5 Å². The molecule has 1 aromatic rings. The fourth-order valence-electron chi connectivity index (χ4n) is 1.61. The van der Waals surface area contributed by atoms with Crippen LogP contribution in [-0.4, -0.2) is 13.7 Å². The Hall–Kier alpha value is -0.740. The molecule has 1 atom stereocenters. The Morgan fingerprint density at radius 3 is 3.07 bits per heavy atom. The number of hydrogen-bond donors (Lipinski definition) is 1. The molecule has 1 aliphatic heterocycles. The number of halogens is 1. The van der Waals surface area contributed by atoms with Crippen LogP contribution in [0.25, 0.3) is 0 Å². The molecule has 0 aliphatic carbocycles. The minimum absolute atomic E-state index is 0.0464. The maximum Gasteiger partial charge on any atom is 0.165 e. The molecule has 0 amide bonds. The lowest BCUT2D eigenvalue weighted by Crippen LogP contribution is -2.21. The molecule has 3 nitrogen and oxygen atoms in total. The summed E-state index contributed by atoms with van der Waals surface area (Å²) in [7, 11) is 1.63. The molecule has 0 radical (unpaired) electrons. The maximum absolute atomic E-state index is 5.98. The van der Waals surface area contributed by atoms with Gasteiger partial charge in [-0.15, -0.1) is 0 Å². The standard InChI is InChI=1S/C10H12BrNO2/c1-13-9-5-6(11)4-7-8(12)2-3-14-10(7)9/h4-5,8H,2-3,12H2,1H3/t8-/m0/s1. The molecule has 0 bridgehead atoms. The highest BCUT2D eigenvalue weighted by atomic mass is 79.9. The molecule has 0 spiro atoms. The fourth-order valence-corrected chi connectivity index (χ4v) is 2.07. The van der Waals surface area contributed by atoms with Gasteiger partial charge in [0.2, 0.25) is 0 Å². The number of fused-ring (bicyclic) bond motifs is 1. The van der Waals surface area contributed by atoms with Crippen LogP contribution in [0.5, 0.6) is 11.5 Å². The predicted octanol–water partition coefficient (Wildman–Crippen LogP) is 2.24. The van der Waals surface area contributed by atoms with Crippen LogP contribution in [0.1, 0.15) is 18.0 Å². The normalized spacial score (nSPS) is 19.8. The molecule has 1 aromatic carbocycles. The third kappa shape index (κ3) is 1.60. The van der Waals surface area contributed by atoms with Crippen molar-refractivity contribution in [2.24, 2.45) is 5.73 Å². The summed E-state index contributed by atoms with van der Waals surface area (Å²) in [6, 6.07) is 3.92. The average molecular weight is 258 g/mol. The van der Waals surface area contributed by atoms with Gasteiger partial charge in [0.05, 0.1) is 13.7 Å². The molecule has 4 heteroatoms. The second kappa shape index (κ2) is 3.79. The van der Waals surface area contributed by atoms with Crippen LogP contribution in [0, 0.1) is 0 Å². The quantitative estimate of drug-likeness (QED) is 0.840. The van der Waals surface area contributed by atoms with Crippen molar-refractivity contribution in [2.75, 3.05) is 13.7 Å². The highest BCUT2D eigenvalue weighted by molar-refractivity contribution is 9.10. The topological polar surface area (TPSA) is 44.5 Å². The minimum Gasteiger partial charge on any atom is -0.493 e. The van der Waals surface area contributed by atoms with Gasteiger partial charge in [-0.25, -0.2) is 0 Å². The first kappa shape index (κ1) is 9.80.